The standard InChI is InChI=1S/C15H22N6O2/c1-10-16-15(18-23-10)8-20-12-3-4-13(20)6-14(5-12)21-7-11(9-22-2)17-19-21/h7,12-14H,3-6,8-9H2,1-2H3. The van der Waals surface area contributed by atoms with Crippen LogP contribution in [0.1, 0.15) is 49.1 Å². The largest absolute Gasteiger partial charge is 0.378 e. The smallest absolute Gasteiger partial charge is 0.223 e. The second-order valence-electron chi connectivity index (χ2n) is 6.54. The zero-order valence-electron chi connectivity index (χ0n) is 13.6. The Balaban J connectivity index is 1.44. The molecule has 2 atom stereocenters. The number of ether oxygens (including phenoxy) is 1. The quantitative estimate of drug-likeness (QED) is 0.826. The Bertz CT molecular complexity index is 654. The van der Waals surface area contributed by atoms with Crippen LogP contribution in [0.2, 0.25) is 0 Å². The Morgan fingerprint density at radius 3 is 2.70 bits per heavy atom. The molecule has 2 aromatic rings. The molecule has 0 saturated carbocycles. The topological polar surface area (TPSA) is 82.1 Å². The fourth-order valence-corrected chi connectivity index (χ4v) is 3.99. The van der Waals surface area contributed by atoms with Gasteiger partial charge in [0.25, 0.3) is 0 Å². The molecule has 124 valence electrons. The van der Waals surface area contributed by atoms with Crippen LogP contribution in [0, 0.1) is 6.92 Å². The van der Waals surface area contributed by atoms with Crippen molar-refractivity contribution in [2.24, 2.45) is 0 Å². The third-order valence-electron chi connectivity index (χ3n) is 4.98. The first kappa shape index (κ1) is 14.8. The number of hydrogen-bond acceptors (Lipinski definition) is 7. The lowest BCUT2D eigenvalue weighted by atomic mass is 9.97. The Morgan fingerprint density at radius 2 is 2.04 bits per heavy atom. The second-order valence-corrected chi connectivity index (χ2v) is 6.54. The Morgan fingerprint density at radius 1 is 1.26 bits per heavy atom. The molecule has 8 heteroatoms. The minimum absolute atomic E-state index is 0.425. The van der Waals surface area contributed by atoms with E-state index in [0.29, 0.717) is 30.6 Å². The summed E-state index contributed by atoms with van der Waals surface area (Å²) in [6, 6.07) is 1.55. The maximum Gasteiger partial charge on any atom is 0.223 e. The summed E-state index contributed by atoms with van der Waals surface area (Å²) < 4.78 is 12.2. The van der Waals surface area contributed by atoms with Gasteiger partial charge in [0, 0.05) is 26.1 Å². The lowest BCUT2D eigenvalue weighted by Crippen LogP contribution is -2.43. The fraction of sp³-hybridized carbons (Fsp3) is 0.733. The first-order valence-corrected chi connectivity index (χ1v) is 8.17. The van der Waals surface area contributed by atoms with Gasteiger partial charge in [0.15, 0.2) is 5.82 Å². The number of piperidine rings is 1. The van der Waals surface area contributed by atoms with E-state index in [1.165, 1.54) is 12.8 Å². The van der Waals surface area contributed by atoms with Gasteiger partial charge in [-0.15, -0.1) is 5.10 Å². The van der Waals surface area contributed by atoms with Crippen molar-refractivity contribution in [3.63, 3.8) is 0 Å². The van der Waals surface area contributed by atoms with Gasteiger partial charge in [-0.3, -0.25) is 4.90 Å². The molecule has 0 radical (unpaired) electrons. The third-order valence-corrected chi connectivity index (χ3v) is 4.98. The molecular weight excluding hydrogens is 296 g/mol. The van der Waals surface area contributed by atoms with Crippen LogP contribution in [0.5, 0.6) is 0 Å². The average Bonchev–Trinajstić information content (AvgIpc) is 3.21. The minimum atomic E-state index is 0.425. The van der Waals surface area contributed by atoms with E-state index in [-0.39, 0.29) is 0 Å². The predicted molar refractivity (Wildman–Crippen MR) is 80.4 cm³/mol. The van der Waals surface area contributed by atoms with E-state index in [2.05, 4.69) is 25.4 Å². The van der Waals surface area contributed by atoms with E-state index in [1.54, 1.807) is 7.11 Å². The molecule has 4 rings (SSSR count). The maximum absolute atomic E-state index is 5.12. The number of hydrogen-bond donors (Lipinski definition) is 0. The molecule has 2 aromatic heterocycles. The van der Waals surface area contributed by atoms with Crippen LogP contribution >= 0.6 is 0 Å². The summed E-state index contributed by atoms with van der Waals surface area (Å²) in [7, 11) is 1.68. The van der Waals surface area contributed by atoms with E-state index >= 15 is 0 Å². The molecule has 2 aliphatic rings. The summed E-state index contributed by atoms with van der Waals surface area (Å²) in [4.78, 5) is 6.88. The molecule has 0 aliphatic carbocycles. The van der Waals surface area contributed by atoms with Gasteiger partial charge in [-0.05, 0) is 25.7 Å². The second kappa shape index (κ2) is 6.01. The van der Waals surface area contributed by atoms with E-state index in [1.807, 2.05) is 17.8 Å². The highest BCUT2D eigenvalue weighted by Crippen LogP contribution is 2.41. The third kappa shape index (κ3) is 2.88. The van der Waals surface area contributed by atoms with Gasteiger partial charge in [0.2, 0.25) is 5.89 Å². The van der Waals surface area contributed by atoms with Crippen LogP contribution in [-0.4, -0.2) is 49.2 Å². The van der Waals surface area contributed by atoms with Crippen LogP contribution in [0.3, 0.4) is 0 Å². The van der Waals surface area contributed by atoms with Gasteiger partial charge in [-0.25, -0.2) is 4.68 Å². The zero-order valence-corrected chi connectivity index (χ0v) is 13.6. The Hall–Kier alpha value is -1.80. The highest BCUT2D eigenvalue weighted by molar-refractivity contribution is 5.00. The van der Waals surface area contributed by atoms with Gasteiger partial charge in [-0.2, -0.15) is 4.98 Å². The van der Waals surface area contributed by atoms with Crippen molar-refractivity contribution in [1.82, 2.24) is 30.0 Å². The molecule has 2 saturated heterocycles. The maximum atomic E-state index is 5.12. The van der Waals surface area contributed by atoms with Crippen molar-refractivity contribution >= 4 is 0 Å². The summed E-state index contributed by atoms with van der Waals surface area (Å²) in [5.74, 6) is 1.43. The summed E-state index contributed by atoms with van der Waals surface area (Å²) in [5, 5.41) is 12.5. The van der Waals surface area contributed by atoms with Gasteiger partial charge in [-0.1, -0.05) is 10.4 Å². The number of rotatable bonds is 5. The van der Waals surface area contributed by atoms with Gasteiger partial charge in [0.05, 0.1) is 25.4 Å². The van der Waals surface area contributed by atoms with Crippen LogP contribution in [-0.2, 0) is 17.9 Å². The molecule has 2 bridgehead atoms. The summed E-state index contributed by atoms with van der Waals surface area (Å²) >= 11 is 0. The van der Waals surface area contributed by atoms with E-state index < -0.39 is 0 Å². The number of fused-ring (bicyclic) bond motifs is 2. The normalized spacial score (nSPS) is 27.7. The summed E-state index contributed by atoms with van der Waals surface area (Å²) in [5.41, 5.74) is 0.893. The zero-order chi connectivity index (χ0) is 15.8. The summed E-state index contributed by atoms with van der Waals surface area (Å²) in [6.07, 6.45) is 6.69. The number of methoxy groups -OCH3 is 1. The molecule has 0 N–H and O–H groups in total. The molecule has 2 aliphatic heterocycles. The predicted octanol–water partition coefficient (Wildman–Crippen LogP) is 1.48. The monoisotopic (exact) mass is 318 g/mol. The van der Waals surface area contributed by atoms with E-state index in [9.17, 15) is 0 Å². The molecular formula is C15H22N6O2. The molecule has 2 unspecified atom stereocenters. The van der Waals surface area contributed by atoms with Crippen LogP contribution < -0.4 is 0 Å². The molecule has 0 spiro atoms. The van der Waals surface area contributed by atoms with Gasteiger partial charge in [0.1, 0.15) is 5.69 Å². The van der Waals surface area contributed by atoms with Crippen molar-refractivity contribution in [3.8, 4) is 0 Å². The highest BCUT2D eigenvalue weighted by Gasteiger charge is 2.42. The van der Waals surface area contributed by atoms with Gasteiger partial charge >= 0.3 is 0 Å². The number of nitrogens with zero attached hydrogens (tertiary/aromatic N) is 6. The van der Waals surface area contributed by atoms with E-state index in [4.69, 9.17) is 9.26 Å². The van der Waals surface area contributed by atoms with Gasteiger partial charge < -0.3 is 9.26 Å². The first-order chi connectivity index (χ1) is 11.2. The highest BCUT2D eigenvalue weighted by atomic mass is 16.5. The molecule has 2 fully saturated rings. The van der Waals surface area contributed by atoms with Crippen molar-refractivity contribution in [2.45, 2.75) is 63.9 Å². The lowest BCUT2D eigenvalue weighted by Gasteiger charge is -2.38. The fourth-order valence-electron chi connectivity index (χ4n) is 3.99. The molecule has 8 nitrogen and oxygen atoms in total. The van der Waals surface area contributed by atoms with E-state index in [0.717, 1.165) is 30.9 Å². The van der Waals surface area contributed by atoms with Crippen molar-refractivity contribution < 1.29 is 9.26 Å². The Kier molecular flexibility index (Phi) is 3.86. The average molecular weight is 318 g/mol. The molecule has 0 amide bonds. The van der Waals surface area contributed by atoms with Crippen LogP contribution in [0.15, 0.2) is 10.7 Å². The summed E-state index contributed by atoms with van der Waals surface area (Å²) in [6.45, 7) is 3.13. The molecule has 23 heavy (non-hydrogen) atoms. The minimum Gasteiger partial charge on any atom is -0.378 e. The SMILES string of the molecule is COCc1cn(C2CC3CCC(C2)N3Cc2noc(C)n2)nn1. The Labute approximate surface area is 134 Å². The van der Waals surface area contributed by atoms with Crippen molar-refractivity contribution in [3.05, 3.63) is 23.6 Å². The lowest BCUT2D eigenvalue weighted by molar-refractivity contribution is 0.0909. The first-order valence-electron chi connectivity index (χ1n) is 8.17. The molecule has 4 heterocycles. The van der Waals surface area contributed by atoms with Crippen LogP contribution in [0.4, 0.5) is 0 Å². The number of aromatic nitrogens is 5. The molecule has 0 aromatic carbocycles. The van der Waals surface area contributed by atoms with Crippen LogP contribution in [0.25, 0.3) is 0 Å². The van der Waals surface area contributed by atoms with Crippen molar-refractivity contribution in [1.29, 1.82) is 0 Å². The van der Waals surface area contributed by atoms with Crippen molar-refractivity contribution in [2.75, 3.05) is 7.11 Å². The number of aryl methyl sites for hydroxylation is 1.